The molecule has 1 fully saturated rings. The Labute approximate surface area is 109 Å². The average molecular weight is 254 g/mol. The quantitative estimate of drug-likeness (QED) is 0.813. The van der Waals surface area contributed by atoms with Gasteiger partial charge in [0, 0.05) is 18.1 Å². The predicted molar refractivity (Wildman–Crippen MR) is 71.8 cm³/mol. The molecule has 0 bridgehead atoms. The zero-order chi connectivity index (χ0) is 12.1. The summed E-state index contributed by atoms with van der Waals surface area (Å²) < 4.78 is 5.95. The van der Waals surface area contributed by atoms with Crippen LogP contribution in [-0.2, 0) is 0 Å². The molecule has 17 heavy (non-hydrogen) atoms. The van der Waals surface area contributed by atoms with Crippen LogP contribution in [0.2, 0.25) is 5.02 Å². The Morgan fingerprint density at radius 1 is 1.24 bits per heavy atom. The lowest BCUT2D eigenvalue weighted by molar-refractivity contribution is 0.101. The second-order valence-corrected chi connectivity index (χ2v) is 5.05. The standard InChI is InChI=1S/C14H20ClNO/c1-2-9-16-10-7-14(8-11-16)17-13-5-3-12(15)4-6-13/h3-6,14H,2,7-11H2,1H3. The predicted octanol–water partition coefficient (Wildman–Crippen LogP) is 3.59. The third-order valence-electron chi connectivity index (χ3n) is 3.19. The molecule has 0 amide bonds. The van der Waals surface area contributed by atoms with E-state index in [1.54, 1.807) is 0 Å². The lowest BCUT2D eigenvalue weighted by Gasteiger charge is -2.31. The van der Waals surface area contributed by atoms with Crippen LogP contribution in [0.15, 0.2) is 24.3 Å². The summed E-state index contributed by atoms with van der Waals surface area (Å²) in [6.07, 6.45) is 3.86. The molecule has 0 aliphatic carbocycles. The molecule has 1 aliphatic heterocycles. The number of hydrogen-bond acceptors (Lipinski definition) is 2. The van der Waals surface area contributed by atoms with Gasteiger partial charge in [-0.05, 0) is 50.1 Å². The molecule has 2 rings (SSSR count). The van der Waals surface area contributed by atoms with Crippen LogP contribution in [0, 0.1) is 0 Å². The molecule has 0 radical (unpaired) electrons. The second kappa shape index (κ2) is 6.27. The summed E-state index contributed by atoms with van der Waals surface area (Å²) in [5.74, 6) is 0.934. The van der Waals surface area contributed by atoms with Crippen molar-refractivity contribution >= 4 is 11.6 Å². The third-order valence-corrected chi connectivity index (χ3v) is 3.44. The molecule has 0 saturated carbocycles. The van der Waals surface area contributed by atoms with Crippen molar-refractivity contribution in [3.05, 3.63) is 29.3 Å². The zero-order valence-corrected chi connectivity index (χ0v) is 11.1. The molecule has 1 heterocycles. The fraction of sp³-hybridized carbons (Fsp3) is 0.571. The number of piperidine rings is 1. The SMILES string of the molecule is CCCN1CCC(Oc2ccc(Cl)cc2)CC1. The number of halogens is 1. The highest BCUT2D eigenvalue weighted by Crippen LogP contribution is 2.21. The van der Waals surface area contributed by atoms with E-state index < -0.39 is 0 Å². The van der Waals surface area contributed by atoms with Gasteiger partial charge in [-0.3, -0.25) is 0 Å². The van der Waals surface area contributed by atoms with Gasteiger partial charge in [0.1, 0.15) is 11.9 Å². The van der Waals surface area contributed by atoms with E-state index >= 15 is 0 Å². The first-order valence-electron chi connectivity index (χ1n) is 6.42. The summed E-state index contributed by atoms with van der Waals surface area (Å²) in [5.41, 5.74) is 0. The molecule has 2 nitrogen and oxygen atoms in total. The highest BCUT2D eigenvalue weighted by atomic mass is 35.5. The van der Waals surface area contributed by atoms with Gasteiger partial charge in [-0.25, -0.2) is 0 Å². The first-order chi connectivity index (χ1) is 8.28. The molecule has 0 spiro atoms. The molecule has 1 aromatic carbocycles. The van der Waals surface area contributed by atoms with Crippen molar-refractivity contribution in [1.82, 2.24) is 4.90 Å². The number of benzene rings is 1. The summed E-state index contributed by atoms with van der Waals surface area (Å²) >= 11 is 5.85. The molecule has 0 unspecified atom stereocenters. The molecular weight excluding hydrogens is 234 g/mol. The van der Waals surface area contributed by atoms with Crippen molar-refractivity contribution in [3.8, 4) is 5.75 Å². The molecule has 3 heteroatoms. The highest BCUT2D eigenvalue weighted by molar-refractivity contribution is 6.30. The first-order valence-corrected chi connectivity index (χ1v) is 6.80. The minimum absolute atomic E-state index is 0.365. The maximum Gasteiger partial charge on any atom is 0.119 e. The highest BCUT2D eigenvalue weighted by Gasteiger charge is 2.19. The minimum Gasteiger partial charge on any atom is -0.490 e. The molecular formula is C14H20ClNO. The van der Waals surface area contributed by atoms with Crippen LogP contribution in [0.1, 0.15) is 26.2 Å². The molecule has 0 aromatic heterocycles. The van der Waals surface area contributed by atoms with Crippen LogP contribution < -0.4 is 4.74 Å². The second-order valence-electron chi connectivity index (χ2n) is 4.61. The summed E-state index contributed by atoms with van der Waals surface area (Å²) in [6.45, 7) is 5.77. The lowest BCUT2D eigenvalue weighted by atomic mass is 10.1. The smallest absolute Gasteiger partial charge is 0.119 e. The van der Waals surface area contributed by atoms with E-state index in [0.29, 0.717) is 6.10 Å². The summed E-state index contributed by atoms with van der Waals surface area (Å²) in [5, 5.41) is 0.759. The Kier molecular flexibility index (Phi) is 4.69. The Morgan fingerprint density at radius 3 is 2.47 bits per heavy atom. The van der Waals surface area contributed by atoms with Gasteiger partial charge in [0.2, 0.25) is 0 Å². The van der Waals surface area contributed by atoms with E-state index in [2.05, 4.69) is 11.8 Å². The van der Waals surface area contributed by atoms with Crippen LogP contribution in [0.5, 0.6) is 5.75 Å². The maximum absolute atomic E-state index is 5.95. The Hall–Kier alpha value is -0.730. The van der Waals surface area contributed by atoms with Crippen LogP contribution >= 0.6 is 11.6 Å². The van der Waals surface area contributed by atoms with Crippen molar-refractivity contribution in [3.63, 3.8) is 0 Å². The number of hydrogen-bond donors (Lipinski definition) is 0. The number of likely N-dealkylation sites (tertiary alicyclic amines) is 1. The zero-order valence-electron chi connectivity index (χ0n) is 10.4. The van der Waals surface area contributed by atoms with Crippen molar-refractivity contribution in [2.75, 3.05) is 19.6 Å². The summed E-state index contributed by atoms with van der Waals surface area (Å²) in [6, 6.07) is 7.65. The van der Waals surface area contributed by atoms with Gasteiger partial charge in [-0.15, -0.1) is 0 Å². The van der Waals surface area contributed by atoms with Crippen LogP contribution in [0.25, 0.3) is 0 Å². The monoisotopic (exact) mass is 253 g/mol. The fourth-order valence-electron chi connectivity index (χ4n) is 2.27. The normalized spacial score (nSPS) is 18.2. The fourth-order valence-corrected chi connectivity index (χ4v) is 2.40. The van der Waals surface area contributed by atoms with Crippen molar-refractivity contribution in [1.29, 1.82) is 0 Å². The van der Waals surface area contributed by atoms with Gasteiger partial charge < -0.3 is 9.64 Å². The number of rotatable bonds is 4. The van der Waals surface area contributed by atoms with Gasteiger partial charge in [0.25, 0.3) is 0 Å². The van der Waals surface area contributed by atoms with Gasteiger partial charge in [-0.2, -0.15) is 0 Å². The van der Waals surface area contributed by atoms with Gasteiger partial charge in [0.15, 0.2) is 0 Å². The molecule has 1 aromatic rings. The maximum atomic E-state index is 5.95. The van der Waals surface area contributed by atoms with Gasteiger partial charge in [-0.1, -0.05) is 18.5 Å². The van der Waals surface area contributed by atoms with Crippen molar-refractivity contribution in [2.24, 2.45) is 0 Å². The molecule has 0 atom stereocenters. The van der Waals surface area contributed by atoms with Crippen LogP contribution in [0.3, 0.4) is 0 Å². The summed E-state index contributed by atoms with van der Waals surface area (Å²) in [4.78, 5) is 2.52. The largest absolute Gasteiger partial charge is 0.490 e. The van der Waals surface area contributed by atoms with Crippen LogP contribution in [-0.4, -0.2) is 30.6 Å². The van der Waals surface area contributed by atoms with Crippen molar-refractivity contribution < 1.29 is 4.74 Å². The van der Waals surface area contributed by atoms with E-state index in [-0.39, 0.29) is 0 Å². The Balaban J connectivity index is 1.79. The van der Waals surface area contributed by atoms with E-state index in [9.17, 15) is 0 Å². The minimum atomic E-state index is 0.365. The molecule has 94 valence electrons. The average Bonchev–Trinajstić information content (AvgIpc) is 2.35. The molecule has 1 saturated heterocycles. The molecule has 1 aliphatic rings. The lowest BCUT2D eigenvalue weighted by Crippen LogP contribution is -2.38. The first kappa shape index (κ1) is 12.7. The van der Waals surface area contributed by atoms with Gasteiger partial charge in [0.05, 0.1) is 0 Å². The number of nitrogens with zero attached hydrogens (tertiary/aromatic N) is 1. The van der Waals surface area contributed by atoms with Gasteiger partial charge >= 0.3 is 0 Å². The number of ether oxygens (including phenoxy) is 1. The van der Waals surface area contributed by atoms with Crippen LogP contribution in [0.4, 0.5) is 0 Å². The Bertz CT molecular complexity index is 331. The van der Waals surface area contributed by atoms with E-state index in [4.69, 9.17) is 16.3 Å². The molecule has 0 N–H and O–H groups in total. The third kappa shape index (κ3) is 3.90. The van der Waals surface area contributed by atoms with E-state index in [1.807, 2.05) is 24.3 Å². The summed E-state index contributed by atoms with van der Waals surface area (Å²) in [7, 11) is 0. The topological polar surface area (TPSA) is 12.5 Å². The van der Waals surface area contributed by atoms with E-state index in [1.165, 1.54) is 13.0 Å². The Morgan fingerprint density at radius 2 is 1.88 bits per heavy atom. The van der Waals surface area contributed by atoms with E-state index in [0.717, 1.165) is 36.7 Å². The van der Waals surface area contributed by atoms with Crippen molar-refractivity contribution in [2.45, 2.75) is 32.3 Å².